The van der Waals surface area contributed by atoms with Crippen LogP contribution in [0, 0.1) is 0 Å². The van der Waals surface area contributed by atoms with Crippen LogP contribution in [0.3, 0.4) is 0 Å². The summed E-state index contributed by atoms with van der Waals surface area (Å²) >= 11 is 1.37. The first-order chi connectivity index (χ1) is 17.0. The Morgan fingerprint density at radius 2 is 2.00 bits per heavy atom. The van der Waals surface area contributed by atoms with Crippen LogP contribution in [0.1, 0.15) is 49.1 Å². The number of amides is 2. The number of nitrogens with zero attached hydrogens (tertiary/aromatic N) is 3. The molecule has 2 heterocycles. The Bertz CT molecular complexity index is 1120. The number of nitrogens with two attached hydrogens (primary N) is 2. The van der Waals surface area contributed by atoms with Gasteiger partial charge in [0.1, 0.15) is 10.8 Å². The number of carbonyl (C=O) groups is 2. The Labute approximate surface area is 209 Å². The van der Waals surface area contributed by atoms with E-state index in [1.807, 2.05) is 18.2 Å². The zero-order valence-electron chi connectivity index (χ0n) is 19.6. The average Bonchev–Trinajstić information content (AvgIpc) is 3.28. The van der Waals surface area contributed by atoms with Crippen LogP contribution >= 0.6 is 11.3 Å². The molecule has 0 radical (unpaired) electrons. The van der Waals surface area contributed by atoms with Crippen LogP contribution in [-0.4, -0.2) is 27.0 Å². The molecule has 9 nitrogen and oxygen atoms in total. The molecule has 0 atom stereocenters. The third-order valence-corrected chi connectivity index (χ3v) is 6.05. The number of hydrogen-bond donors (Lipinski definition) is 4. The molecule has 0 fully saturated rings. The van der Waals surface area contributed by atoms with Crippen molar-refractivity contribution in [3.63, 3.8) is 0 Å². The van der Waals surface area contributed by atoms with Crippen LogP contribution in [0.2, 0.25) is 0 Å². The van der Waals surface area contributed by atoms with Gasteiger partial charge in [0, 0.05) is 30.9 Å². The van der Waals surface area contributed by atoms with E-state index in [1.165, 1.54) is 11.3 Å². The molecule has 0 unspecified atom stereocenters. The van der Waals surface area contributed by atoms with E-state index in [4.69, 9.17) is 11.5 Å². The van der Waals surface area contributed by atoms with Gasteiger partial charge in [-0.2, -0.15) is 0 Å². The fraction of sp³-hybridized carbons (Fsp3) is 0.320. The summed E-state index contributed by atoms with van der Waals surface area (Å²) in [5, 5.41) is 15.0. The molecule has 6 N–H and O–H groups in total. The SMILES string of the molecule is N/C(=C\C=C(/N)NC(=O)CC1=CC=CCC1)CCCCc1nnc(NC(=O)Cc2cccnc2)s1. The number of allylic oxidation sites excluding steroid dienone is 6. The zero-order valence-corrected chi connectivity index (χ0v) is 20.4. The van der Waals surface area contributed by atoms with Crippen LogP contribution in [0.15, 0.2) is 72.0 Å². The number of anilines is 1. The molecular formula is C25H31N7O2S. The largest absolute Gasteiger partial charge is 0.402 e. The fourth-order valence-corrected chi connectivity index (χ4v) is 4.19. The maximum Gasteiger partial charge on any atom is 0.230 e. The summed E-state index contributed by atoms with van der Waals surface area (Å²) in [6, 6.07) is 3.65. The maximum absolute atomic E-state index is 12.1. The van der Waals surface area contributed by atoms with E-state index in [0.717, 1.165) is 48.2 Å². The van der Waals surface area contributed by atoms with E-state index in [2.05, 4.69) is 31.9 Å². The lowest BCUT2D eigenvalue weighted by Crippen LogP contribution is -2.27. The van der Waals surface area contributed by atoms with Crippen LogP contribution < -0.4 is 22.1 Å². The summed E-state index contributed by atoms with van der Waals surface area (Å²) in [5.41, 5.74) is 14.6. The first-order valence-electron chi connectivity index (χ1n) is 11.6. The lowest BCUT2D eigenvalue weighted by Gasteiger charge is -2.09. The van der Waals surface area contributed by atoms with Crippen molar-refractivity contribution >= 4 is 28.3 Å². The fourth-order valence-electron chi connectivity index (χ4n) is 3.39. The van der Waals surface area contributed by atoms with E-state index in [0.29, 0.717) is 23.7 Å². The predicted molar refractivity (Wildman–Crippen MR) is 138 cm³/mol. The summed E-state index contributed by atoms with van der Waals surface area (Å²) in [5.74, 6) is -0.000756. The predicted octanol–water partition coefficient (Wildman–Crippen LogP) is 3.25. The molecule has 0 saturated carbocycles. The van der Waals surface area contributed by atoms with E-state index >= 15 is 0 Å². The molecular weight excluding hydrogens is 462 g/mol. The molecule has 0 spiro atoms. The van der Waals surface area contributed by atoms with Crippen molar-refractivity contribution in [3.05, 3.63) is 82.6 Å². The molecule has 184 valence electrons. The van der Waals surface area contributed by atoms with Gasteiger partial charge in [0.05, 0.1) is 6.42 Å². The van der Waals surface area contributed by atoms with Crippen molar-refractivity contribution in [2.75, 3.05) is 5.32 Å². The Balaban J connectivity index is 1.33. The molecule has 0 aliphatic heterocycles. The quantitative estimate of drug-likeness (QED) is 0.262. The van der Waals surface area contributed by atoms with E-state index in [1.54, 1.807) is 30.6 Å². The van der Waals surface area contributed by atoms with Gasteiger partial charge >= 0.3 is 0 Å². The van der Waals surface area contributed by atoms with Crippen molar-refractivity contribution in [2.45, 2.75) is 51.4 Å². The molecule has 0 bridgehead atoms. The molecule has 2 amide bonds. The standard InChI is InChI=1S/C25H31N7O2S/c26-20(12-13-21(27)29-22(33)15-18-7-2-1-3-8-18)10-4-5-11-24-31-32-25(35-24)30-23(34)16-19-9-6-14-28-17-19/h1-2,6-7,9,12-14,17H,3-5,8,10-11,15-16,26-27H2,(H,29,33)(H,30,32,34)/b20-12-,21-13+. The van der Waals surface area contributed by atoms with Crippen molar-refractivity contribution in [3.8, 4) is 0 Å². The molecule has 0 aromatic carbocycles. The Morgan fingerprint density at radius 3 is 2.77 bits per heavy atom. The molecule has 35 heavy (non-hydrogen) atoms. The number of nitrogens with one attached hydrogen (secondary N) is 2. The third kappa shape index (κ3) is 9.93. The summed E-state index contributed by atoms with van der Waals surface area (Å²) in [6.07, 6.45) is 18.4. The van der Waals surface area contributed by atoms with Gasteiger partial charge in [-0.25, -0.2) is 0 Å². The first kappa shape index (κ1) is 25.8. The van der Waals surface area contributed by atoms with Crippen molar-refractivity contribution in [1.29, 1.82) is 0 Å². The topological polar surface area (TPSA) is 149 Å². The monoisotopic (exact) mass is 493 g/mol. The van der Waals surface area contributed by atoms with Crippen LogP contribution in [0.4, 0.5) is 5.13 Å². The second-order valence-electron chi connectivity index (χ2n) is 8.17. The highest BCUT2D eigenvalue weighted by atomic mass is 32.1. The number of pyridine rings is 1. The Morgan fingerprint density at radius 1 is 1.11 bits per heavy atom. The maximum atomic E-state index is 12.1. The lowest BCUT2D eigenvalue weighted by molar-refractivity contribution is -0.119. The summed E-state index contributed by atoms with van der Waals surface area (Å²) in [7, 11) is 0. The van der Waals surface area contributed by atoms with Gasteiger partial charge in [-0.3, -0.25) is 14.6 Å². The van der Waals surface area contributed by atoms with Crippen LogP contribution in [0.25, 0.3) is 0 Å². The lowest BCUT2D eigenvalue weighted by atomic mass is 10.0. The van der Waals surface area contributed by atoms with Gasteiger partial charge in [-0.1, -0.05) is 41.2 Å². The van der Waals surface area contributed by atoms with Crippen molar-refractivity contribution in [2.24, 2.45) is 11.5 Å². The second-order valence-corrected chi connectivity index (χ2v) is 9.24. The van der Waals surface area contributed by atoms with Crippen LogP contribution in [0.5, 0.6) is 0 Å². The van der Waals surface area contributed by atoms with E-state index in [-0.39, 0.29) is 24.1 Å². The van der Waals surface area contributed by atoms with Crippen molar-refractivity contribution < 1.29 is 9.59 Å². The smallest absolute Gasteiger partial charge is 0.230 e. The summed E-state index contributed by atoms with van der Waals surface area (Å²) in [6.45, 7) is 0. The summed E-state index contributed by atoms with van der Waals surface area (Å²) < 4.78 is 0. The Kier molecular flexibility index (Phi) is 10.2. The number of aromatic nitrogens is 3. The van der Waals surface area contributed by atoms with Gasteiger partial charge in [-0.15, -0.1) is 10.2 Å². The normalized spacial score (nSPS) is 13.9. The zero-order chi connectivity index (χ0) is 24.9. The summed E-state index contributed by atoms with van der Waals surface area (Å²) in [4.78, 5) is 28.2. The molecule has 1 aliphatic rings. The van der Waals surface area contributed by atoms with E-state index < -0.39 is 0 Å². The van der Waals surface area contributed by atoms with Gasteiger partial charge in [-0.05, 0) is 55.9 Å². The highest BCUT2D eigenvalue weighted by Crippen LogP contribution is 2.18. The van der Waals surface area contributed by atoms with Gasteiger partial charge < -0.3 is 22.1 Å². The third-order valence-electron chi connectivity index (χ3n) is 5.16. The number of hydrogen-bond acceptors (Lipinski definition) is 8. The minimum Gasteiger partial charge on any atom is -0.402 e. The highest BCUT2D eigenvalue weighted by molar-refractivity contribution is 7.15. The molecule has 0 saturated heterocycles. The average molecular weight is 494 g/mol. The number of aryl methyl sites for hydroxylation is 1. The van der Waals surface area contributed by atoms with Gasteiger partial charge in [0.25, 0.3) is 0 Å². The molecule has 1 aliphatic carbocycles. The van der Waals surface area contributed by atoms with Crippen LogP contribution in [-0.2, 0) is 22.4 Å². The number of carbonyl (C=O) groups excluding carboxylic acids is 2. The molecule has 2 aromatic rings. The molecule has 2 aromatic heterocycles. The minimum atomic E-state index is -0.148. The number of rotatable bonds is 12. The first-order valence-corrected chi connectivity index (χ1v) is 12.4. The second kappa shape index (κ2) is 13.8. The Hall–Kier alpha value is -3.79. The number of unbranched alkanes of at least 4 members (excludes halogenated alkanes) is 1. The van der Waals surface area contributed by atoms with Gasteiger partial charge in [0.15, 0.2) is 0 Å². The highest BCUT2D eigenvalue weighted by Gasteiger charge is 2.10. The van der Waals surface area contributed by atoms with Crippen molar-refractivity contribution in [1.82, 2.24) is 20.5 Å². The molecule has 3 rings (SSSR count). The molecule has 10 heteroatoms. The van der Waals surface area contributed by atoms with E-state index in [9.17, 15) is 9.59 Å². The minimum absolute atomic E-state index is 0.128. The van der Waals surface area contributed by atoms with Gasteiger partial charge in [0.2, 0.25) is 16.9 Å².